The molecule has 0 aliphatic rings. The molecule has 1 aromatic heterocycles. The minimum absolute atomic E-state index is 0.823. The summed E-state index contributed by atoms with van der Waals surface area (Å²) in [7, 11) is 3.96. The lowest BCUT2D eigenvalue weighted by Crippen LogP contribution is -2.15. The molecule has 0 unspecified atom stereocenters. The first-order chi connectivity index (χ1) is 7.06. The molecule has 1 heterocycles. The Morgan fingerprint density at radius 3 is 2.33 bits per heavy atom. The lowest BCUT2D eigenvalue weighted by atomic mass is 10.1. The third-order valence-corrected chi connectivity index (χ3v) is 2.65. The highest BCUT2D eigenvalue weighted by Crippen LogP contribution is 2.15. The van der Waals surface area contributed by atoms with Crippen molar-refractivity contribution in [3.8, 4) is 0 Å². The van der Waals surface area contributed by atoms with E-state index >= 15 is 0 Å². The van der Waals surface area contributed by atoms with E-state index in [2.05, 4.69) is 30.7 Å². The average Bonchev–Trinajstić information content (AvgIpc) is 2.19. The van der Waals surface area contributed by atoms with E-state index in [1.54, 1.807) is 0 Å². The summed E-state index contributed by atoms with van der Waals surface area (Å²) in [5.74, 6) is 0.823. The van der Waals surface area contributed by atoms with Crippen LogP contribution in [0, 0.1) is 13.8 Å². The lowest BCUT2D eigenvalue weighted by Gasteiger charge is -2.14. The maximum atomic E-state index is 4.58. The number of unbranched alkanes of at least 4 members (excludes halogenated alkanes) is 1. The standard InChI is InChI=1S/C12H21N3/c1-6-7-8-11-9(2)10(3)13-12(14-11)15(4)5/h6-8H2,1-5H3. The van der Waals surface area contributed by atoms with E-state index in [1.165, 1.54) is 24.1 Å². The molecule has 0 saturated carbocycles. The number of rotatable bonds is 4. The van der Waals surface area contributed by atoms with Gasteiger partial charge in [0.1, 0.15) is 0 Å². The van der Waals surface area contributed by atoms with Gasteiger partial charge in [0.2, 0.25) is 5.95 Å². The van der Waals surface area contributed by atoms with E-state index in [-0.39, 0.29) is 0 Å². The molecule has 3 heteroatoms. The Morgan fingerprint density at radius 1 is 1.13 bits per heavy atom. The third kappa shape index (κ3) is 2.91. The van der Waals surface area contributed by atoms with Crippen molar-refractivity contribution in [2.75, 3.05) is 19.0 Å². The Hall–Kier alpha value is -1.12. The van der Waals surface area contributed by atoms with Crippen LogP contribution in [-0.2, 0) is 6.42 Å². The number of nitrogens with zero attached hydrogens (tertiary/aromatic N) is 3. The summed E-state index contributed by atoms with van der Waals surface area (Å²) in [5, 5.41) is 0. The number of anilines is 1. The van der Waals surface area contributed by atoms with Gasteiger partial charge in [-0.1, -0.05) is 13.3 Å². The van der Waals surface area contributed by atoms with Gasteiger partial charge in [-0.3, -0.25) is 0 Å². The molecule has 0 aliphatic heterocycles. The van der Waals surface area contributed by atoms with E-state index in [1.807, 2.05) is 19.0 Å². The van der Waals surface area contributed by atoms with Gasteiger partial charge in [-0.15, -0.1) is 0 Å². The molecule has 0 N–H and O–H groups in total. The Balaban J connectivity index is 3.02. The number of hydrogen-bond acceptors (Lipinski definition) is 3. The molecular weight excluding hydrogens is 186 g/mol. The summed E-state index contributed by atoms with van der Waals surface area (Å²) in [5.41, 5.74) is 3.54. The summed E-state index contributed by atoms with van der Waals surface area (Å²) < 4.78 is 0. The summed E-state index contributed by atoms with van der Waals surface area (Å²) in [6, 6.07) is 0. The first-order valence-corrected chi connectivity index (χ1v) is 5.57. The largest absolute Gasteiger partial charge is 0.347 e. The van der Waals surface area contributed by atoms with Crippen molar-refractivity contribution < 1.29 is 0 Å². The van der Waals surface area contributed by atoms with Crippen LogP contribution in [0.5, 0.6) is 0 Å². The van der Waals surface area contributed by atoms with E-state index in [9.17, 15) is 0 Å². The van der Waals surface area contributed by atoms with E-state index < -0.39 is 0 Å². The molecule has 1 rings (SSSR count). The molecule has 0 radical (unpaired) electrons. The van der Waals surface area contributed by atoms with Gasteiger partial charge in [-0.25, -0.2) is 9.97 Å². The van der Waals surface area contributed by atoms with Crippen LogP contribution in [0.2, 0.25) is 0 Å². The molecule has 0 spiro atoms. The fraction of sp³-hybridized carbons (Fsp3) is 0.667. The second-order valence-corrected chi connectivity index (χ2v) is 4.18. The first-order valence-electron chi connectivity index (χ1n) is 5.57. The lowest BCUT2D eigenvalue weighted by molar-refractivity contribution is 0.761. The minimum atomic E-state index is 0.823. The Labute approximate surface area is 92.6 Å². The van der Waals surface area contributed by atoms with Crippen molar-refractivity contribution in [3.05, 3.63) is 17.0 Å². The van der Waals surface area contributed by atoms with Crippen LogP contribution in [0.15, 0.2) is 0 Å². The van der Waals surface area contributed by atoms with Crippen LogP contribution in [0.1, 0.15) is 36.7 Å². The predicted octanol–water partition coefficient (Wildman–Crippen LogP) is 2.50. The van der Waals surface area contributed by atoms with Crippen LogP contribution in [0.3, 0.4) is 0 Å². The molecule has 0 fully saturated rings. The summed E-state index contributed by atoms with van der Waals surface area (Å²) in [6.07, 6.45) is 3.47. The van der Waals surface area contributed by atoms with Crippen LogP contribution in [-0.4, -0.2) is 24.1 Å². The quantitative estimate of drug-likeness (QED) is 0.759. The van der Waals surface area contributed by atoms with Crippen LogP contribution >= 0.6 is 0 Å². The minimum Gasteiger partial charge on any atom is -0.347 e. The van der Waals surface area contributed by atoms with Crippen molar-refractivity contribution in [2.24, 2.45) is 0 Å². The zero-order valence-corrected chi connectivity index (χ0v) is 10.5. The maximum Gasteiger partial charge on any atom is 0.225 e. The number of aromatic nitrogens is 2. The Bertz CT molecular complexity index is 332. The monoisotopic (exact) mass is 207 g/mol. The molecule has 0 saturated heterocycles. The molecule has 0 bridgehead atoms. The Kier molecular flexibility index (Phi) is 4.06. The van der Waals surface area contributed by atoms with Gasteiger partial charge in [0.05, 0.1) is 0 Å². The average molecular weight is 207 g/mol. The van der Waals surface area contributed by atoms with Crippen LogP contribution < -0.4 is 4.90 Å². The van der Waals surface area contributed by atoms with Gasteiger partial charge in [-0.2, -0.15) is 0 Å². The smallest absolute Gasteiger partial charge is 0.225 e. The molecule has 15 heavy (non-hydrogen) atoms. The summed E-state index contributed by atoms with van der Waals surface area (Å²) in [6.45, 7) is 6.37. The number of aryl methyl sites for hydroxylation is 2. The normalized spacial score (nSPS) is 10.5. The van der Waals surface area contributed by atoms with Gasteiger partial charge < -0.3 is 4.90 Å². The second kappa shape index (κ2) is 5.10. The Morgan fingerprint density at radius 2 is 1.80 bits per heavy atom. The van der Waals surface area contributed by atoms with Crippen molar-refractivity contribution >= 4 is 5.95 Å². The van der Waals surface area contributed by atoms with E-state index in [0.717, 1.165) is 18.1 Å². The SMILES string of the molecule is CCCCc1nc(N(C)C)nc(C)c1C. The topological polar surface area (TPSA) is 29.0 Å². The molecule has 1 aromatic rings. The molecule has 84 valence electrons. The predicted molar refractivity (Wildman–Crippen MR) is 64.4 cm³/mol. The molecule has 0 amide bonds. The maximum absolute atomic E-state index is 4.58. The fourth-order valence-corrected chi connectivity index (χ4v) is 1.46. The zero-order valence-electron chi connectivity index (χ0n) is 10.5. The third-order valence-electron chi connectivity index (χ3n) is 2.65. The summed E-state index contributed by atoms with van der Waals surface area (Å²) >= 11 is 0. The zero-order chi connectivity index (χ0) is 11.4. The van der Waals surface area contributed by atoms with Gasteiger partial charge in [-0.05, 0) is 32.3 Å². The van der Waals surface area contributed by atoms with Crippen molar-refractivity contribution in [1.29, 1.82) is 0 Å². The highest BCUT2D eigenvalue weighted by molar-refractivity contribution is 5.34. The van der Waals surface area contributed by atoms with Gasteiger partial charge in [0.25, 0.3) is 0 Å². The van der Waals surface area contributed by atoms with E-state index in [0.29, 0.717) is 0 Å². The molecule has 3 nitrogen and oxygen atoms in total. The molecule has 0 atom stereocenters. The fourth-order valence-electron chi connectivity index (χ4n) is 1.46. The van der Waals surface area contributed by atoms with Crippen molar-refractivity contribution in [2.45, 2.75) is 40.0 Å². The van der Waals surface area contributed by atoms with Crippen LogP contribution in [0.4, 0.5) is 5.95 Å². The van der Waals surface area contributed by atoms with Crippen LogP contribution in [0.25, 0.3) is 0 Å². The molecular formula is C12H21N3. The first kappa shape index (κ1) is 12.0. The highest BCUT2D eigenvalue weighted by Gasteiger charge is 2.08. The second-order valence-electron chi connectivity index (χ2n) is 4.18. The van der Waals surface area contributed by atoms with Crippen molar-refractivity contribution in [1.82, 2.24) is 9.97 Å². The van der Waals surface area contributed by atoms with Gasteiger partial charge >= 0.3 is 0 Å². The van der Waals surface area contributed by atoms with Crippen molar-refractivity contribution in [3.63, 3.8) is 0 Å². The van der Waals surface area contributed by atoms with Gasteiger partial charge in [0, 0.05) is 25.5 Å². The van der Waals surface area contributed by atoms with E-state index in [4.69, 9.17) is 0 Å². The number of hydrogen-bond donors (Lipinski definition) is 0. The molecule has 0 aliphatic carbocycles. The summed E-state index contributed by atoms with van der Waals surface area (Å²) in [4.78, 5) is 11.0. The highest BCUT2D eigenvalue weighted by atomic mass is 15.2. The van der Waals surface area contributed by atoms with Gasteiger partial charge in [0.15, 0.2) is 0 Å². The molecule has 0 aromatic carbocycles.